The fourth-order valence-electron chi connectivity index (χ4n) is 3.24. The van der Waals surface area contributed by atoms with Gasteiger partial charge in [-0.2, -0.15) is 0 Å². The number of carbonyl (C=O) groups is 1. The highest BCUT2D eigenvalue weighted by Gasteiger charge is 2.27. The Balaban J connectivity index is 2.04. The van der Waals surface area contributed by atoms with Gasteiger partial charge in [-0.3, -0.25) is 4.79 Å². The summed E-state index contributed by atoms with van der Waals surface area (Å²) in [5.41, 5.74) is 8.22. The molecule has 0 unspecified atom stereocenters. The molecule has 2 N–H and O–H groups in total. The Hall–Kier alpha value is -1.75. The molecule has 128 valence electrons. The number of ether oxygens (including phenoxy) is 2. The number of aryl methyl sites for hydroxylation is 1. The number of benzene rings is 1. The lowest BCUT2D eigenvalue weighted by Crippen LogP contribution is -2.32. The van der Waals surface area contributed by atoms with E-state index in [-0.39, 0.29) is 11.9 Å². The third kappa shape index (κ3) is 4.16. The number of amides is 1. The molecule has 0 spiro atoms. The van der Waals surface area contributed by atoms with Gasteiger partial charge in [-0.25, -0.2) is 0 Å². The van der Waals surface area contributed by atoms with Crippen molar-refractivity contribution >= 4 is 5.91 Å². The molecule has 2 atom stereocenters. The zero-order chi connectivity index (χ0) is 17.0. The van der Waals surface area contributed by atoms with E-state index in [0.717, 1.165) is 30.4 Å². The van der Waals surface area contributed by atoms with E-state index in [0.29, 0.717) is 30.4 Å². The van der Waals surface area contributed by atoms with Crippen LogP contribution in [0.1, 0.15) is 36.8 Å². The third-order valence-corrected chi connectivity index (χ3v) is 4.83. The molecule has 0 aliphatic heterocycles. The number of hydrogen-bond acceptors (Lipinski definition) is 4. The summed E-state index contributed by atoms with van der Waals surface area (Å²) in [5, 5.41) is 0. The van der Waals surface area contributed by atoms with Crippen LogP contribution in [0.15, 0.2) is 12.1 Å². The van der Waals surface area contributed by atoms with E-state index in [1.165, 1.54) is 0 Å². The van der Waals surface area contributed by atoms with E-state index < -0.39 is 0 Å². The molecule has 0 bridgehead atoms. The highest BCUT2D eigenvalue weighted by molar-refractivity contribution is 5.76. The van der Waals surface area contributed by atoms with Crippen LogP contribution < -0.4 is 15.2 Å². The van der Waals surface area contributed by atoms with Gasteiger partial charge in [0.2, 0.25) is 5.91 Å². The Labute approximate surface area is 138 Å². The third-order valence-electron chi connectivity index (χ3n) is 4.83. The zero-order valence-electron chi connectivity index (χ0n) is 14.6. The summed E-state index contributed by atoms with van der Waals surface area (Å²) in [7, 11) is 5.09. The van der Waals surface area contributed by atoms with Gasteiger partial charge in [0.25, 0.3) is 0 Å². The molecule has 5 nitrogen and oxygen atoms in total. The minimum Gasteiger partial charge on any atom is -0.493 e. The maximum absolute atomic E-state index is 12.5. The van der Waals surface area contributed by atoms with Crippen LogP contribution >= 0.6 is 0 Å². The van der Waals surface area contributed by atoms with Crippen molar-refractivity contribution in [2.45, 2.75) is 45.2 Å². The first-order chi connectivity index (χ1) is 11.0. The van der Waals surface area contributed by atoms with Crippen LogP contribution in [0.5, 0.6) is 11.5 Å². The normalized spacial score (nSPS) is 20.4. The Morgan fingerprint density at radius 1 is 1.26 bits per heavy atom. The molecule has 23 heavy (non-hydrogen) atoms. The van der Waals surface area contributed by atoms with E-state index in [2.05, 4.69) is 0 Å². The Bertz CT molecular complexity index is 559. The molecule has 1 amide bonds. The number of nitrogens with zero attached hydrogens (tertiary/aromatic N) is 1. The lowest BCUT2D eigenvalue weighted by Gasteiger charge is -2.22. The summed E-state index contributed by atoms with van der Waals surface area (Å²) >= 11 is 0. The van der Waals surface area contributed by atoms with Crippen LogP contribution in [-0.2, 0) is 11.3 Å². The first-order valence-corrected chi connectivity index (χ1v) is 8.17. The van der Waals surface area contributed by atoms with Gasteiger partial charge in [-0.1, -0.05) is 6.42 Å². The lowest BCUT2D eigenvalue weighted by molar-refractivity contribution is -0.131. The molecular formula is C18H28N2O3. The average molecular weight is 320 g/mol. The molecule has 1 aromatic rings. The van der Waals surface area contributed by atoms with E-state index in [9.17, 15) is 4.79 Å². The smallest absolute Gasteiger partial charge is 0.222 e. The summed E-state index contributed by atoms with van der Waals surface area (Å²) in [6.45, 7) is 2.58. The van der Waals surface area contributed by atoms with E-state index in [1.54, 1.807) is 19.1 Å². The van der Waals surface area contributed by atoms with Crippen LogP contribution in [-0.4, -0.2) is 38.1 Å². The summed E-state index contributed by atoms with van der Waals surface area (Å²) in [5.74, 6) is 1.88. The molecular weight excluding hydrogens is 292 g/mol. The second kappa shape index (κ2) is 7.68. The van der Waals surface area contributed by atoms with Crippen molar-refractivity contribution < 1.29 is 14.3 Å². The first-order valence-electron chi connectivity index (χ1n) is 8.17. The second-order valence-electron chi connectivity index (χ2n) is 6.44. The van der Waals surface area contributed by atoms with Gasteiger partial charge in [-0.05, 0) is 48.9 Å². The molecule has 2 rings (SSSR count). The van der Waals surface area contributed by atoms with Gasteiger partial charge in [0.1, 0.15) is 0 Å². The zero-order valence-corrected chi connectivity index (χ0v) is 14.6. The highest BCUT2D eigenvalue weighted by Crippen LogP contribution is 2.31. The fraction of sp³-hybridized carbons (Fsp3) is 0.611. The topological polar surface area (TPSA) is 64.8 Å². The minimum absolute atomic E-state index is 0.154. The molecule has 0 saturated heterocycles. The van der Waals surface area contributed by atoms with Gasteiger partial charge in [0, 0.05) is 26.1 Å². The van der Waals surface area contributed by atoms with Crippen LogP contribution in [0, 0.1) is 12.8 Å². The van der Waals surface area contributed by atoms with Gasteiger partial charge in [0.15, 0.2) is 11.5 Å². The molecule has 1 fully saturated rings. The van der Waals surface area contributed by atoms with Gasteiger partial charge >= 0.3 is 0 Å². The maximum atomic E-state index is 12.5. The molecule has 5 heteroatoms. The van der Waals surface area contributed by atoms with Crippen molar-refractivity contribution in [2.24, 2.45) is 11.7 Å². The van der Waals surface area contributed by atoms with Gasteiger partial charge in [0.05, 0.1) is 14.2 Å². The SMILES string of the molecule is COc1cc(C)c(CN(C)C(=O)C[C@@H]2CCC[C@H]2N)cc1OC. The summed E-state index contributed by atoms with van der Waals surface area (Å²) in [6, 6.07) is 4.06. The fourth-order valence-corrected chi connectivity index (χ4v) is 3.24. The van der Waals surface area contributed by atoms with Gasteiger partial charge < -0.3 is 20.1 Å². The Kier molecular flexibility index (Phi) is 5.88. The monoisotopic (exact) mass is 320 g/mol. The molecule has 0 aromatic heterocycles. The summed E-state index contributed by atoms with van der Waals surface area (Å²) in [6.07, 6.45) is 3.79. The number of hydrogen-bond donors (Lipinski definition) is 1. The summed E-state index contributed by atoms with van der Waals surface area (Å²) < 4.78 is 10.7. The van der Waals surface area contributed by atoms with E-state index in [1.807, 2.05) is 26.1 Å². The molecule has 1 saturated carbocycles. The largest absolute Gasteiger partial charge is 0.493 e. The Morgan fingerprint density at radius 3 is 2.48 bits per heavy atom. The Morgan fingerprint density at radius 2 is 1.91 bits per heavy atom. The number of rotatable bonds is 6. The van der Waals surface area contributed by atoms with Crippen molar-refractivity contribution in [1.29, 1.82) is 0 Å². The van der Waals surface area contributed by atoms with Crippen molar-refractivity contribution in [3.8, 4) is 11.5 Å². The quantitative estimate of drug-likeness (QED) is 0.874. The van der Waals surface area contributed by atoms with Crippen molar-refractivity contribution in [2.75, 3.05) is 21.3 Å². The molecule has 1 aliphatic carbocycles. The van der Waals surface area contributed by atoms with Crippen LogP contribution in [0.2, 0.25) is 0 Å². The highest BCUT2D eigenvalue weighted by atomic mass is 16.5. The molecule has 0 heterocycles. The van der Waals surface area contributed by atoms with E-state index in [4.69, 9.17) is 15.2 Å². The predicted molar refractivity (Wildman–Crippen MR) is 90.7 cm³/mol. The lowest BCUT2D eigenvalue weighted by atomic mass is 9.99. The summed E-state index contributed by atoms with van der Waals surface area (Å²) in [4.78, 5) is 14.2. The molecule has 1 aliphatic rings. The first kappa shape index (κ1) is 17.6. The van der Waals surface area contributed by atoms with Crippen molar-refractivity contribution in [1.82, 2.24) is 4.90 Å². The van der Waals surface area contributed by atoms with E-state index >= 15 is 0 Å². The maximum Gasteiger partial charge on any atom is 0.222 e. The molecule has 0 radical (unpaired) electrons. The number of carbonyl (C=O) groups excluding carboxylic acids is 1. The minimum atomic E-state index is 0.154. The number of nitrogens with two attached hydrogens (primary N) is 1. The standard InChI is InChI=1S/C18H28N2O3/c1-12-8-16(22-3)17(23-4)9-14(12)11-20(2)18(21)10-13-6-5-7-15(13)19/h8-9,13,15H,5-7,10-11,19H2,1-4H3/t13-,15+/m0/s1. The number of methoxy groups -OCH3 is 2. The van der Waals surface area contributed by atoms with Crippen LogP contribution in [0.4, 0.5) is 0 Å². The van der Waals surface area contributed by atoms with Crippen LogP contribution in [0.3, 0.4) is 0 Å². The second-order valence-corrected chi connectivity index (χ2v) is 6.44. The van der Waals surface area contributed by atoms with Crippen molar-refractivity contribution in [3.05, 3.63) is 23.3 Å². The van der Waals surface area contributed by atoms with Crippen molar-refractivity contribution in [3.63, 3.8) is 0 Å². The molecule has 1 aromatic carbocycles. The average Bonchev–Trinajstić information content (AvgIpc) is 2.93. The van der Waals surface area contributed by atoms with Crippen LogP contribution in [0.25, 0.3) is 0 Å². The predicted octanol–water partition coefficient (Wildman–Crippen LogP) is 2.49. The van der Waals surface area contributed by atoms with Gasteiger partial charge in [-0.15, -0.1) is 0 Å².